The summed E-state index contributed by atoms with van der Waals surface area (Å²) in [6, 6.07) is 0. The van der Waals surface area contributed by atoms with Gasteiger partial charge in [0.05, 0.1) is 0 Å². The van der Waals surface area contributed by atoms with E-state index in [2.05, 4.69) is 24.5 Å². The normalized spacial score (nSPS) is 7.00. The summed E-state index contributed by atoms with van der Waals surface area (Å²) in [4.78, 5) is 0. The molecule has 0 amide bonds. The van der Waals surface area contributed by atoms with Crippen LogP contribution in [0.4, 0.5) is 0 Å². The van der Waals surface area contributed by atoms with Gasteiger partial charge < -0.3 is 4.74 Å². The first kappa shape index (κ1) is 9.00. The van der Waals surface area contributed by atoms with E-state index >= 15 is 0 Å². The zero-order valence-corrected chi connectivity index (χ0v) is 11.0. The minimum Gasteiger partial charge on any atom is -0.554 e. The second kappa shape index (κ2) is 8.85. The Kier molecular flexibility index (Phi) is 13.3. The molecule has 0 rings (SSSR count). The molecule has 34 valence electrons. The van der Waals surface area contributed by atoms with E-state index in [-0.39, 0.29) is 0 Å². The summed E-state index contributed by atoms with van der Waals surface area (Å²) in [7, 11) is 3.13. The molecule has 0 N–H and O–H groups in total. The minimum absolute atomic E-state index is 0. The molecule has 0 aliphatic rings. The smallest absolute Gasteiger partial charge is 0.0201 e. The average molecular weight is 358 g/mol. The standard InChI is InChI=1S/C3H7OS.Rf/c1-4-2-3-5;/h5H,1-3H2;/q-1;. The first-order valence-electron chi connectivity index (χ1n) is 1.39. The summed E-state index contributed by atoms with van der Waals surface area (Å²) in [5, 5.41) is 0. The van der Waals surface area contributed by atoms with E-state index in [1.54, 1.807) is 0 Å². The molecule has 0 spiro atoms. The summed E-state index contributed by atoms with van der Waals surface area (Å²) < 4.78 is 4.36. The third kappa shape index (κ3) is 10.3. The fourth-order valence-corrected chi connectivity index (χ4v) is 0.194. The van der Waals surface area contributed by atoms with Crippen LogP contribution in [0, 0.1) is 7.11 Å². The van der Waals surface area contributed by atoms with E-state index < -0.39 is 0 Å². The van der Waals surface area contributed by atoms with Crippen LogP contribution in [0.3, 0.4) is 0 Å². The van der Waals surface area contributed by atoms with E-state index in [1.165, 1.54) is 0 Å². The Balaban J connectivity index is 0. The topological polar surface area (TPSA) is 9.23 Å². The molecule has 0 unspecified atom stereocenters. The van der Waals surface area contributed by atoms with Crippen LogP contribution < -0.4 is 0 Å². The van der Waals surface area contributed by atoms with Gasteiger partial charge >= 0.3 is 0 Å². The van der Waals surface area contributed by atoms with Crippen LogP contribution in [-0.4, -0.2) is 12.4 Å². The summed E-state index contributed by atoms with van der Waals surface area (Å²) in [5.74, 6) is 0.753. The van der Waals surface area contributed by atoms with Gasteiger partial charge in [-0.2, -0.15) is 12.6 Å². The summed E-state index contributed by atoms with van der Waals surface area (Å²) in [5.41, 5.74) is 0. The van der Waals surface area contributed by atoms with Gasteiger partial charge in [-0.1, -0.05) is 0 Å². The Bertz CT molecular complexity index is 18.3. The van der Waals surface area contributed by atoms with Gasteiger partial charge in [-0.05, 0) is 0 Å². The Morgan fingerprint density at radius 1 is 1.67 bits per heavy atom. The number of ether oxygens (including phenoxy) is 1. The fraction of sp³-hybridized carbons (Fsp3) is 0.667. The van der Waals surface area contributed by atoms with E-state index in [0.29, 0.717) is 6.61 Å². The van der Waals surface area contributed by atoms with Gasteiger partial charge in [-0.15, -0.1) is 0 Å². The van der Waals surface area contributed by atoms with Crippen LogP contribution in [0.5, 0.6) is 0 Å². The number of rotatable bonds is 2. The molecule has 0 aromatic heterocycles. The molecule has 0 atom stereocenters. The zero-order chi connectivity index (χ0) is 4.12. The quantitative estimate of drug-likeness (QED) is 0.566. The minimum atomic E-state index is 0. The van der Waals surface area contributed by atoms with E-state index in [9.17, 15) is 0 Å². The van der Waals surface area contributed by atoms with Crippen molar-refractivity contribution in [3.63, 3.8) is 0 Å². The van der Waals surface area contributed by atoms with Crippen LogP contribution in [0.25, 0.3) is 0 Å². The Morgan fingerprint density at radius 3 is 2.17 bits per heavy atom. The van der Waals surface area contributed by atoms with Gasteiger partial charge in [0.2, 0.25) is 0 Å². The van der Waals surface area contributed by atoms with Crippen molar-refractivity contribution < 1.29 is 4.74 Å². The molecule has 0 radical (unpaired) electrons. The first-order chi connectivity index (χ1) is 2.41. The van der Waals surface area contributed by atoms with Crippen molar-refractivity contribution in [3.05, 3.63) is 7.11 Å². The molecule has 0 saturated carbocycles. The Labute approximate surface area is 37.7 Å². The van der Waals surface area contributed by atoms with E-state index in [1.807, 2.05) is 0 Å². The predicted octanol–water partition coefficient (Wildman–Crippen LogP) is 0.724. The monoisotopic (exact) mass is 358 g/mol. The maximum Gasteiger partial charge on any atom is 0.0201 e. The number of hydrogen-bond acceptors (Lipinski definition) is 2. The second-order valence-corrected chi connectivity index (χ2v) is 1.08. The zero-order valence-electron chi connectivity index (χ0n) is 3.68. The fourth-order valence-electron chi connectivity index (χ4n) is 0.0645. The molecule has 0 saturated heterocycles. The Hall–Kier alpha value is -0.690. The average Bonchev–Trinajstić information content (AvgIpc) is 1.41. The third-order valence-electron chi connectivity index (χ3n) is 0.236. The molecular weight excluding hydrogens is 351 g/mol. The van der Waals surface area contributed by atoms with Crippen LogP contribution in [0.1, 0.15) is 0 Å². The van der Waals surface area contributed by atoms with Crippen LogP contribution in [0.2, 0.25) is 0 Å². The molecular formula is C3H7ORfS-. The van der Waals surface area contributed by atoms with Gasteiger partial charge in [-0.25, -0.2) is 7.11 Å². The molecule has 0 bridgehead atoms. The number of hydrogen-bond donors (Lipinski definition) is 1. The molecule has 0 aliphatic carbocycles. The van der Waals surface area contributed by atoms with Crippen LogP contribution in [0.15, 0.2) is 0 Å². The van der Waals surface area contributed by atoms with Crippen LogP contribution in [-0.2, 0) is 4.74 Å². The summed E-state index contributed by atoms with van der Waals surface area (Å²) in [6.45, 7) is 0.642. The SMILES string of the molecule is [CH2-]OCCS.[Rf]. The summed E-state index contributed by atoms with van der Waals surface area (Å²) >= 11 is 3.84. The maximum atomic E-state index is 4.36. The van der Waals surface area contributed by atoms with Crippen molar-refractivity contribution in [1.29, 1.82) is 0 Å². The summed E-state index contributed by atoms with van der Waals surface area (Å²) in [6.07, 6.45) is 0. The number of thiol groups is 1. The Morgan fingerprint density at radius 2 is 2.17 bits per heavy atom. The molecule has 1 nitrogen and oxygen atoms in total. The van der Waals surface area contributed by atoms with Crippen molar-refractivity contribution in [2.45, 2.75) is 0 Å². The largest absolute Gasteiger partial charge is 0.554 e. The van der Waals surface area contributed by atoms with Gasteiger partial charge in [0.15, 0.2) is 0 Å². The molecule has 0 aromatic carbocycles. The third-order valence-corrected chi connectivity index (χ3v) is 0.418. The molecule has 3 heteroatoms. The van der Waals surface area contributed by atoms with Gasteiger partial charge in [0.25, 0.3) is 0 Å². The van der Waals surface area contributed by atoms with Crippen molar-refractivity contribution >= 4 is 12.6 Å². The van der Waals surface area contributed by atoms with Gasteiger partial charge in [0, 0.05) is 12.4 Å². The molecule has 0 aromatic rings. The predicted molar refractivity (Wildman–Crippen MR) is 25.2 cm³/mol. The van der Waals surface area contributed by atoms with E-state index in [0.717, 1.165) is 5.75 Å². The maximum absolute atomic E-state index is 4.36. The first-order valence-corrected chi connectivity index (χ1v) is 2.03. The van der Waals surface area contributed by atoms with Crippen molar-refractivity contribution in [3.8, 4) is 0 Å². The van der Waals surface area contributed by atoms with Gasteiger partial charge in [0.1, 0.15) is 0 Å². The molecule has 0 aliphatic heterocycles. The van der Waals surface area contributed by atoms with Crippen molar-refractivity contribution in [2.75, 3.05) is 12.4 Å². The van der Waals surface area contributed by atoms with Gasteiger partial charge in [-0.3, -0.25) is 0 Å². The molecule has 6 heavy (non-hydrogen) atoms. The van der Waals surface area contributed by atoms with E-state index in [4.69, 9.17) is 0 Å². The molecule has 0 fully saturated rings. The van der Waals surface area contributed by atoms with Crippen molar-refractivity contribution in [2.24, 2.45) is 0 Å². The molecule has 0 heterocycles. The second-order valence-electron chi connectivity index (χ2n) is 0.632. The van der Waals surface area contributed by atoms with Crippen LogP contribution >= 0.6 is 12.6 Å². The van der Waals surface area contributed by atoms with Crippen molar-refractivity contribution in [1.82, 2.24) is 0 Å².